The van der Waals surface area contributed by atoms with Crippen molar-refractivity contribution in [3.05, 3.63) is 46.9 Å². The Bertz CT molecular complexity index is 844. The third-order valence-corrected chi connectivity index (χ3v) is 4.12. The Kier molecular flexibility index (Phi) is 5.08. The number of nitrogens with zero attached hydrogens (tertiary/aromatic N) is 2. The van der Waals surface area contributed by atoms with Crippen molar-refractivity contribution in [1.29, 1.82) is 0 Å². The van der Waals surface area contributed by atoms with Crippen LogP contribution in [0.15, 0.2) is 41.3 Å². The number of alkyl halides is 3. The maximum atomic E-state index is 12.9. The lowest BCUT2D eigenvalue weighted by atomic mass is 10.0. The highest BCUT2D eigenvalue weighted by Gasteiger charge is 2.42. The number of nitrogens with one attached hydrogen (secondary N) is 1. The molecular formula is C17H16F3N3O3. The number of hydrogen-bond acceptors (Lipinski definition) is 5. The summed E-state index contributed by atoms with van der Waals surface area (Å²) in [5.41, 5.74) is -0.347. The first-order valence-electron chi connectivity index (χ1n) is 8.05. The zero-order valence-corrected chi connectivity index (χ0v) is 13.6. The van der Waals surface area contributed by atoms with E-state index in [2.05, 4.69) is 15.2 Å². The number of benzene rings is 1. The highest BCUT2D eigenvalue weighted by Crippen LogP contribution is 2.29. The Hall–Kier alpha value is -2.68. The summed E-state index contributed by atoms with van der Waals surface area (Å²) >= 11 is 0. The molecule has 0 atom stereocenters. The first-order valence-corrected chi connectivity index (χ1v) is 8.05. The lowest BCUT2D eigenvalue weighted by Gasteiger charge is -2.24. The topological polar surface area (TPSA) is 73.2 Å². The van der Waals surface area contributed by atoms with E-state index in [9.17, 15) is 22.8 Å². The first kappa shape index (κ1) is 18.1. The molecule has 1 aromatic heterocycles. The van der Waals surface area contributed by atoms with Gasteiger partial charge in [-0.3, -0.25) is 4.79 Å². The van der Waals surface area contributed by atoms with Gasteiger partial charge < -0.3 is 10.1 Å². The molecule has 0 radical (unpaired) electrons. The summed E-state index contributed by atoms with van der Waals surface area (Å²) in [6.45, 7) is 1.43. The molecular weight excluding hydrogens is 351 g/mol. The molecule has 2 heterocycles. The number of aromatic nitrogens is 2. The molecule has 0 amide bonds. The molecule has 0 spiro atoms. The number of rotatable bonds is 3. The molecule has 0 bridgehead atoms. The van der Waals surface area contributed by atoms with Gasteiger partial charge in [-0.1, -0.05) is 30.3 Å². The van der Waals surface area contributed by atoms with Crippen LogP contribution in [0.3, 0.4) is 0 Å². The molecule has 9 heteroatoms. The van der Waals surface area contributed by atoms with Gasteiger partial charge in [0.05, 0.1) is 17.8 Å². The van der Waals surface area contributed by atoms with Crippen LogP contribution in [0.4, 0.5) is 13.2 Å². The van der Waals surface area contributed by atoms with E-state index < -0.39 is 23.5 Å². The summed E-state index contributed by atoms with van der Waals surface area (Å²) in [5.74, 6) is -2.90. The van der Waals surface area contributed by atoms with Gasteiger partial charge in [0.15, 0.2) is 5.75 Å². The fourth-order valence-electron chi connectivity index (χ4n) is 2.87. The van der Waals surface area contributed by atoms with Gasteiger partial charge in [0.25, 0.3) is 5.56 Å². The van der Waals surface area contributed by atoms with Crippen molar-refractivity contribution >= 4 is 5.97 Å². The quantitative estimate of drug-likeness (QED) is 0.843. The molecule has 3 rings (SSSR count). The summed E-state index contributed by atoms with van der Waals surface area (Å²) in [6, 6.07) is 7.94. The average molecular weight is 367 g/mol. The second-order valence-electron chi connectivity index (χ2n) is 5.87. The van der Waals surface area contributed by atoms with Crippen molar-refractivity contribution in [3.63, 3.8) is 0 Å². The van der Waals surface area contributed by atoms with Gasteiger partial charge in [-0.15, -0.1) is 0 Å². The summed E-state index contributed by atoms with van der Waals surface area (Å²) in [7, 11) is 0. The van der Waals surface area contributed by atoms with E-state index in [0.717, 1.165) is 6.20 Å². The Morgan fingerprint density at radius 1 is 1.19 bits per heavy atom. The van der Waals surface area contributed by atoms with Crippen molar-refractivity contribution < 1.29 is 22.7 Å². The normalized spacial score (nSPS) is 15.7. The van der Waals surface area contributed by atoms with E-state index in [4.69, 9.17) is 0 Å². The molecule has 0 saturated carbocycles. The maximum absolute atomic E-state index is 12.9. The van der Waals surface area contributed by atoms with Crippen molar-refractivity contribution in [2.24, 2.45) is 0 Å². The van der Waals surface area contributed by atoms with E-state index in [1.807, 2.05) is 0 Å². The molecule has 0 aliphatic carbocycles. The van der Waals surface area contributed by atoms with Crippen LogP contribution in [0.1, 0.15) is 18.9 Å². The minimum absolute atomic E-state index is 0.114. The van der Waals surface area contributed by atoms with Gasteiger partial charge in [0, 0.05) is 0 Å². The Morgan fingerprint density at radius 3 is 2.46 bits per heavy atom. The number of halogens is 3. The third-order valence-electron chi connectivity index (χ3n) is 4.12. The SMILES string of the molecule is O=C(Oc1cnn(C2CCNCC2)c(=O)c1-c1ccccc1)C(F)(F)F. The number of esters is 1. The standard InChI is InChI=1S/C17H16F3N3O3/c18-17(19,20)16(25)26-13-10-22-23(12-6-8-21-9-7-12)15(24)14(13)11-4-2-1-3-5-11/h1-5,10,12,21H,6-9H2. The Balaban J connectivity index is 2.08. The van der Waals surface area contributed by atoms with E-state index >= 15 is 0 Å². The van der Waals surface area contributed by atoms with Gasteiger partial charge in [0.1, 0.15) is 0 Å². The van der Waals surface area contributed by atoms with Crippen LogP contribution in [-0.4, -0.2) is 35.0 Å². The van der Waals surface area contributed by atoms with Crippen molar-refractivity contribution in [3.8, 4) is 16.9 Å². The number of piperidine rings is 1. The van der Waals surface area contributed by atoms with E-state index in [0.29, 0.717) is 31.5 Å². The molecule has 1 N–H and O–H groups in total. The predicted octanol–water partition coefficient (Wildman–Crippen LogP) is 2.30. The number of carbonyl (C=O) groups excluding carboxylic acids is 1. The van der Waals surface area contributed by atoms with Crippen LogP contribution < -0.4 is 15.6 Å². The predicted molar refractivity (Wildman–Crippen MR) is 86.8 cm³/mol. The molecule has 1 aliphatic rings. The summed E-state index contributed by atoms with van der Waals surface area (Å²) in [6.07, 6.45) is -2.83. The van der Waals surface area contributed by atoms with Gasteiger partial charge in [-0.2, -0.15) is 18.3 Å². The van der Waals surface area contributed by atoms with E-state index in [-0.39, 0.29) is 11.6 Å². The molecule has 1 aromatic carbocycles. The zero-order chi connectivity index (χ0) is 18.7. The maximum Gasteiger partial charge on any atom is 0.491 e. The molecule has 1 fully saturated rings. The fraction of sp³-hybridized carbons (Fsp3) is 0.353. The second kappa shape index (κ2) is 7.28. The fourth-order valence-corrected chi connectivity index (χ4v) is 2.87. The van der Waals surface area contributed by atoms with Crippen molar-refractivity contribution in [2.75, 3.05) is 13.1 Å². The molecule has 0 unspecified atom stereocenters. The molecule has 26 heavy (non-hydrogen) atoms. The van der Waals surface area contributed by atoms with Crippen LogP contribution in [-0.2, 0) is 4.79 Å². The number of ether oxygens (including phenoxy) is 1. The van der Waals surface area contributed by atoms with Crippen LogP contribution in [0.25, 0.3) is 11.1 Å². The van der Waals surface area contributed by atoms with Crippen molar-refractivity contribution in [2.45, 2.75) is 25.1 Å². The van der Waals surface area contributed by atoms with Crippen LogP contribution >= 0.6 is 0 Å². The summed E-state index contributed by atoms with van der Waals surface area (Å²) in [4.78, 5) is 24.2. The highest BCUT2D eigenvalue weighted by atomic mass is 19.4. The second-order valence-corrected chi connectivity index (χ2v) is 5.87. The van der Waals surface area contributed by atoms with Crippen LogP contribution in [0, 0.1) is 0 Å². The van der Waals surface area contributed by atoms with E-state index in [1.54, 1.807) is 30.3 Å². The average Bonchev–Trinajstić information content (AvgIpc) is 2.62. The van der Waals surface area contributed by atoms with E-state index in [1.165, 1.54) is 4.68 Å². The summed E-state index contributed by atoms with van der Waals surface area (Å²) in [5, 5.41) is 7.12. The summed E-state index contributed by atoms with van der Waals surface area (Å²) < 4.78 is 43.4. The monoisotopic (exact) mass is 367 g/mol. The van der Waals surface area contributed by atoms with Crippen molar-refractivity contribution in [1.82, 2.24) is 15.1 Å². The lowest BCUT2D eigenvalue weighted by molar-refractivity contribution is -0.189. The molecule has 1 aliphatic heterocycles. The van der Waals surface area contributed by atoms with Crippen LogP contribution in [0.2, 0.25) is 0 Å². The first-order chi connectivity index (χ1) is 12.4. The number of carbonyl (C=O) groups is 1. The Labute approximate surface area is 146 Å². The molecule has 2 aromatic rings. The molecule has 6 nitrogen and oxygen atoms in total. The third kappa shape index (κ3) is 3.77. The Morgan fingerprint density at radius 2 is 1.85 bits per heavy atom. The lowest BCUT2D eigenvalue weighted by Crippen LogP contribution is -2.36. The van der Waals surface area contributed by atoms with Gasteiger partial charge in [0.2, 0.25) is 0 Å². The molecule has 138 valence electrons. The van der Waals surface area contributed by atoms with Gasteiger partial charge in [-0.25, -0.2) is 9.48 Å². The zero-order valence-electron chi connectivity index (χ0n) is 13.6. The molecule has 1 saturated heterocycles. The minimum Gasteiger partial charge on any atom is -0.417 e. The van der Waals surface area contributed by atoms with Gasteiger partial charge in [-0.05, 0) is 31.5 Å². The number of hydrogen-bond donors (Lipinski definition) is 1. The smallest absolute Gasteiger partial charge is 0.417 e. The van der Waals surface area contributed by atoms with Gasteiger partial charge >= 0.3 is 12.1 Å². The largest absolute Gasteiger partial charge is 0.491 e. The highest BCUT2D eigenvalue weighted by molar-refractivity contribution is 5.81. The minimum atomic E-state index is -5.17. The van der Waals surface area contributed by atoms with Crippen LogP contribution in [0.5, 0.6) is 5.75 Å².